The normalized spacial score (nSPS) is 9.62. The van der Waals surface area contributed by atoms with E-state index in [2.05, 4.69) is 0 Å². The van der Waals surface area contributed by atoms with Crippen LogP contribution in [0.1, 0.15) is 28.4 Å². The Hall–Kier alpha value is -1.57. The molecule has 0 spiro atoms. The maximum absolute atomic E-state index is 11.6. The highest BCUT2D eigenvalue weighted by atomic mass is 35.5. The predicted octanol–water partition coefficient (Wildman–Crippen LogP) is 1.85. The lowest BCUT2D eigenvalue weighted by Crippen LogP contribution is -2.13. The Labute approximate surface area is 98.6 Å². The number of carbonyl (C=O) groups is 1. The number of nitrogens with zero attached hydrogens (tertiary/aromatic N) is 1. The summed E-state index contributed by atoms with van der Waals surface area (Å²) in [7, 11) is 0. The smallest absolute Gasteiger partial charge is 0.340 e. The number of nitriles is 1. The summed E-state index contributed by atoms with van der Waals surface area (Å²) in [6, 6.07) is 4.99. The van der Waals surface area contributed by atoms with Crippen LogP contribution < -0.4 is 5.73 Å². The molecule has 2 N–H and O–H groups in total. The minimum absolute atomic E-state index is 0.0671. The molecule has 1 rings (SSSR count). The van der Waals surface area contributed by atoms with Gasteiger partial charge in [0.1, 0.15) is 0 Å². The largest absolute Gasteiger partial charge is 0.462 e. The number of hydrogen-bond acceptors (Lipinski definition) is 4. The molecule has 0 heterocycles. The van der Waals surface area contributed by atoms with Crippen LogP contribution in [0.5, 0.6) is 0 Å². The molecule has 1 aromatic rings. The van der Waals surface area contributed by atoms with Crippen molar-refractivity contribution in [1.29, 1.82) is 5.26 Å². The van der Waals surface area contributed by atoms with Crippen molar-refractivity contribution in [2.24, 2.45) is 5.73 Å². The topological polar surface area (TPSA) is 76.1 Å². The van der Waals surface area contributed by atoms with Crippen molar-refractivity contribution in [3.8, 4) is 6.07 Å². The van der Waals surface area contributed by atoms with Crippen molar-refractivity contribution >= 4 is 17.6 Å². The number of ether oxygens (including phenoxy) is 1. The molecule has 0 atom stereocenters. The van der Waals surface area contributed by atoms with Crippen LogP contribution in [0.3, 0.4) is 0 Å². The molecule has 0 unspecified atom stereocenters. The molecule has 0 aliphatic rings. The molecule has 0 aliphatic carbocycles. The Morgan fingerprint density at radius 3 is 2.81 bits per heavy atom. The zero-order valence-electron chi connectivity index (χ0n) is 8.79. The molecular formula is C11H11ClN2O2. The van der Waals surface area contributed by atoms with Gasteiger partial charge in [-0.05, 0) is 24.6 Å². The molecular weight excluding hydrogens is 228 g/mol. The SMILES string of the molecule is CCOC(=O)c1c(Cl)ccc(C#N)c1CN. The number of nitrogens with two attached hydrogens (primary N) is 1. The van der Waals surface area contributed by atoms with Crippen LogP contribution in [-0.2, 0) is 11.3 Å². The summed E-state index contributed by atoms with van der Waals surface area (Å²) in [5, 5.41) is 9.12. The molecule has 16 heavy (non-hydrogen) atoms. The van der Waals surface area contributed by atoms with E-state index in [1.165, 1.54) is 12.1 Å². The maximum Gasteiger partial charge on any atom is 0.340 e. The standard InChI is InChI=1S/C11H11ClN2O2/c1-2-16-11(15)10-8(6-14)7(5-13)3-4-9(10)12/h3-4H,2,6,14H2,1H3. The van der Waals surface area contributed by atoms with Gasteiger partial charge in [-0.2, -0.15) is 5.26 Å². The summed E-state index contributed by atoms with van der Waals surface area (Å²) < 4.78 is 4.86. The second-order valence-electron chi connectivity index (χ2n) is 2.98. The monoisotopic (exact) mass is 238 g/mol. The molecule has 84 valence electrons. The highest BCUT2D eigenvalue weighted by Crippen LogP contribution is 2.24. The summed E-state index contributed by atoms with van der Waals surface area (Å²) in [4.78, 5) is 11.6. The molecule has 0 saturated heterocycles. The highest BCUT2D eigenvalue weighted by molar-refractivity contribution is 6.33. The number of esters is 1. The van der Waals surface area contributed by atoms with Crippen LogP contribution in [0.4, 0.5) is 0 Å². The van der Waals surface area contributed by atoms with Crippen molar-refractivity contribution in [2.45, 2.75) is 13.5 Å². The van der Waals surface area contributed by atoms with Gasteiger partial charge in [-0.1, -0.05) is 11.6 Å². The first-order valence-electron chi connectivity index (χ1n) is 4.74. The summed E-state index contributed by atoms with van der Waals surface area (Å²) in [5.41, 5.74) is 6.46. The van der Waals surface area contributed by atoms with Gasteiger partial charge in [0.05, 0.1) is 28.8 Å². The second-order valence-corrected chi connectivity index (χ2v) is 3.39. The van der Waals surface area contributed by atoms with Crippen LogP contribution in [-0.4, -0.2) is 12.6 Å². The molecule has 0 amide bonds. The summed E-state index contributed by atoms with van der Waals surface area (Å²) >= 11 is 5.90. The van der Waals surface area contributed by atoms with E-state index in [9.17, 15) is 4.79 Å². The summed E-state index contributed by atoms with van der Waals surface area (Å²) in [6.07, 6.45) is 0. The number of hydrogen-bond donors (Lipinski definition) is 1. The molecule has 0 bridgehead atoms. The van der Waals surface area contributed by atoms with E-state index in [1.807, 2.05) is 6.07 Å². The molecule has 0 aromatic heterocycles. The van der Waals surface area contributed by atoms with Crippen molar-refractivity contribution < 1.29 is 9.53 Å². The van der Waals surface area contributed by atoms with Crippen LogP contribution in [0.25, 0.3) is 0 Å². The van der Waals surface area contributed by atoms with E-state index < -0.39 is 5.97 Å². The van der Waals surface area contributed by atoms with Gasteiger partial charge >= 0.3 is 5.97 Å². The molecule has 0 aliphatic heterocycles. The van der Waals surface area contributed by atoms with Crippen molar-refractivity contribution in [2.75, 3.05) is 6.61 Å². The Kier molecular flexibility index (Phi) is 4.29. The first-order valence-corrected chi connectivity index (χ1v) is 5.12. The Bertz CT molecular complexity index is 452. The number of halogens is 1. The lowest BCUT2D eigenvalue weighted by molar-refractivity contribution is 0.0525. The van der Waals surface area contributed by atoms with Gasteiger partial charge < -0.3 is 10.5 Å². The fraction of sp³-hybridized carbons (Fsp3) is 0.273. The first-order chi connectivity index (χ1) is 7.65. The number of carbonyl (C=O) groups excluding carboxylic acids is 1. The van der Waals surface area contributed by atoms with Crippen molar-refractivity contribution in [3.63, 3.8) is 0 Å². The minimum Gasteiger partial charge on any atom is -0.462 e. The van der Waals surface area contributed by atoms with Gasteiger partial charge in [-0.3, -0.25) is 0 Å². The Morgan fingerprint density at radius 2 is 2.31 bits per heavy atom. The molecule has 5 heteroatoms. The highest BCUT2D eigenvalue weighted by Gasteiger charge is 2.18. The van der Waals surface area contributed by atoms with E-state index in [0.717, 1.165) is 0 Å². The van der Waals surface area contributed by atoms with Gasteiger partial charge in [-0.25, -0.2) is 4.79 Å². The van der Waals surface area contributed by atoms with E-state index in [1.54, 1.807) is 6.92 Å². The molecule has 0 radical (unpaired) electrons. The van der Waals surface area contributed by atoms with Gasteiger partial charge in [0.25, 0.3) is 0 Å². The number of benzene rings is 1. The fourth-order valence-corrected chi connectivity index (χ4v) is 1.61. The van der Waals surface area contributed by atoms with Gasteiger partial charge in [0, 0.05) is 6.54 Å². The van der Waals surface area contributed by atoms with Crippen LogP contribution in [0, 0.1) is 11.3 Å². The average Bonchev–Trinajstić information content (AvgIpc) is 2.28. The third-order valence-electron chi connectivity index (χ3n) is 2.07. The Balaban J connectivity index is 3.35. The maximum atomic E-state index is 11.6. The zero-order valence-corrected chi connectivity index (χ0v) is 9.54. The van der Waals surface area contributed by atoms with Gasteiger partial charge in [0.2, 0.25) is 0 Å². The molecule has 0 fully saturated rings. The van der Waals surface area contributed by atoms with Crippen LogP contribution in [0.15, 0.2) is 12.1 Å². The van der Waals surface area contributed by atoms with Crippen molar-refractivity contribution in [1.82, 2.24) is 0 Å². The molecule has 0 saturated carbocycles. The third kappa shape index (κ3) is 2.32. The van der Waals surface area contributed by atoms with Gasteiger partial charge in [0.15, 0.2) is 0 Å². The van der Waals surface area contributed by atoms with Crippen LogP contribution in [0.2, 0.25) is 5.02 Å². The quantitative estimate of drug-likeness (QED) is 0.816. The van der Waals surface area contributed by atoms with E-state index in [-0.39, 0.29) is 23.7 Å². The first kappa shape index (κ1) is 12.5. The van der Waals surface area contributed by atoms with E-state index in [4.69, 9.17) is 27.3 Å². The molecule has 1 aromatic carbocycles. The van der Waals surface area contributed by atoms with E-state index >= 15 is 0 Å². The predicted molar refractivity (Wildman–Crippen MR) is 60.0 cm³/mol. The van der Waals surface area contributed by atoms with Gasteiger partial charge in [-0.15, -0.1) is 0 Å². The van der Waals surface area contributed by atoms with E-state index in [0.29, 0.717) is 11.1 Å². The number of rotatable bonds is 3. The third-order valence-corrected chi connectivity index (χ3v) is 2.38. The lowest BCUT2D eigenvalue weighted by Gasteiger charge is -2.10. The second kappa shape index (κ2) is 5.50. The molecule has 4 nitrogen and oxygen atoms in total. The fourth-order valence-electron chi connectivity index (χ4n) is 1.36. The van der Waals surface area contributed by atoms with Crippen molar-refractivity contribution in [3.05, 3.63) is 33.8 Å². The lowest BCUT2D eigenvalue weighted by atomic mass is 10.0. The van der Waals surface area contributed by atoms with Crippen LogP contribution >= 0.6 is 11.6 Å². The average molecular weight is 239 g/mol. The zero-order chi connectivity index (χ0) is 12.1. The summed E-state index contributed by atoms with van der Waals surface area (Å²) in [5.74, 6) is -0.551. The summed E-state index contributed by atoms with van der Waals surface area (Å²) in [6.45, 7) is 2.01. The Morgan fingerprint density at radius 1 is 1.62 bits per heavy atom. The minimum atomic E-state index is -0.551.